The minimum absolute atomic E-state index is 0.0286. The standard InChI is InChI=1S/C32H43BrN6O3/c1-8-11-14-22-15-12-16-25(24(22)13-9-2)23(10-3)31-26(33)21-34-32(36-31)35-27-19-29(39(40)41)28(20-30(27)42-7)38(6)18-17-37(4)5/h10,12,15-16,19-21H,8-9,11,13-14,17-18H2,1-7H3,(H,34,35,36)/b23-10+. The van der Waals surface area contributed by atoms with E-state index in [-0.39, 0.29) is 10.6 Å². The summed E-state index contributed by atoms with van der Waals surface area (Å²) in [7, 11) is 7.32. The van der Waals surface area contributed by atoms with Crippen LogP contribution in [0.3, 0.4) is 0 Å². The molecule has 3 aromatic rings. The summed E-state index contributed by atoms with van der Waals surface area (Å²) in [6.07, 6.45) is 9.16. The van der Waals surface area contributed by atoms with E-state index in [2.05, 4.69) is 64.4 Å². The lowest BCUT2D eigenvalue weighted by molar-refractivity contribution is -0.384. The van der Waals surface area contributed by atoms with Gasteiger partial charge in [-0.05, 0) is 72.9 Å². The number of nitro benzene ring substituents is 1. The Morgan fingerprint density at radius 1 is 1.14 bits per heavy atom. The molecular formula is C32H43BrN6O3. The van der Waals surface area contributed by atoms with Crippen LogP contribution >= 0.6 is 15.9 Å². The van der Waals surface area contributed by atoms with Crippen LogP contribution < -0.4 is 15.0 Å². The summed E-state index contributed by atoms with van der Waals surface area (Å²) in [5.41, 5.74) is 6.51. The quantitative estimate of drug-likeness (QED) is 0.134. The van der Waals surface area contributed by atoms with Gasteiger partial charge in [-0.2, -0.15) is 0 Å². The number of aryl methyl sites for hydroxylation is 1. The summed E-state index contributed by atoms with van der Waals surface area (Å²) in [4.78, 5) is 25.0. The van der Waals surface area contributed by atoms with Crippen molar-refractivity contribution in [2.45, 2.75) is 52.9 Å². The van der Waals surface area contributed by atoms with Crippen LogP contribution in [0, 0.1) is 10.1 Å². The lowest BCUT2D eigenvalue weighted by atomic mass is 9.89. The molecule has 1 aromatic heterocycles. The van der Waals surface area contributed by atoms with Crippen LogP contribution in [0.15, 0.2) is 47.1 Å². The molecule has 0 aliphatic rings. The normalized spacial score (nSPS) is 11.6. The van der Waals surface area contributed by atoms with Crippen molar-refractivity contribution < 1.29 is 9.66 Å². The fourth-order valence-corrected chi connectivity index (χ4v) is 5.34. The Hall–Kier alpha value is -3.50. The lowest BCUT2D eigenvalue weighted by Gasteiger charge is -2.23. The van der Waals surface area contributed by atoms with E-state index in [0.717, 1.165) is 60.0 Å². The SMILES string of the molecule is C/C=C(\c1cccc(CCCC)c1CCC)c1nc(Nc2cc([N+](=O)[O-])c(N(C)CCN(C)C)cc2OC)ncc1Br. The molecule has 9 nitrogen and oxygen atoms in total. The van der Waals surface area contributed by atoms with Crippen molar-refractivity contribution in [3.63, 3.8) is 0 Å². The van der Waals surface area contributed by atoms with Gasteiger partial charge in [0, 0.05) is 44.0 Å². The molecule has 1 heterocycles. The Labute approximate surface area is 258 Å². The second kappa shape index (κ2) is 15.7. The number of unbranched alkanes of at least 4 members (excludes halogenated alkanes) is 1. The molecule has 2 aromatic carbocycles. The van der Waals surface area contributed by atoms with E-state index in [1.165, 1.54) is 17.2 Å². The van der Waals surface area contributed by atoms with Gasteiger partial charge in [0.05, 0.1) is 27.9 Å². The van der Waals surface area contributed by atoms with E-state index in [0.29, 0.717) is 29.6 Å². The summed E-state index contributed by atoms with van der Waals surface area (Å²) in [5.74, 6) is 0.772. The first-order valence-electron chi connectivity index (χ1n) is 14.4. The van der Waals surface area contributed by atoms with Crippen LogP contribution in [0.25, 0.3) is 5.57 Å². The highest BCUT2D eigenvalue weighted by atomic mass is 79.9. The Balaban J connectivity index is 2.05. The summed E-state index contributed by atoms with van der Waals surface area (Å²) in [5, 5.41) is 15.3. The van der Waals surface area contributed by atoms with Crippen LogP contribution in [-0.2, 0) is 12.8 Å². The molecule has 226 valence electrons. The molecule has 0 bridgehead atoms. The van der Waals surface area contributed by atoms with Gasteiger partial charge in [-0.1, -0.05) is 51.0 Å². The molecular weight excluding hydrogens is 596 g/mol. The summed E-state index contributed by atoms with van der Waals surface area (Å²) >= 11 is 3.67. The van der Waals surface area contributed by atoms with Crippen LogP contribution in [0.4, 0.5) is 23.0 Å². The second-order valence-corrected chi connectivity index (χ2v) is 11.4. The molecule has 1 N–H and O–H groups in total. The van der Waals surface area contributed by atoms with Crippen LogP contribution in [0.5, 0.6) is 5.75 Å². The van der Waals surface area contributed by atoms with Crippen molar-refractivity contribution in [2.24, 2.45) is 0 Å². The zero-order valence-corrected chi connectivity index (χ0v) is 27.4. The highest BCUT2D eigenvalue weighted by molar-refractivity contribution is 9.10. The van der Waals surface area contributed by atoms with Crippen LogP contribution in [0.1, 0.15) is 62.4 Å². The van der Waals surface area contributed by atoms with Crippen LogP contribution in [-0.4, -0.2) is 61.1 Å². The van der Waals surface area contributed by atoms with Gasteiger partial charge in [0.2, 0.25) is 5.95 Å². The van der Waals surface area contributed by atoms with Gasteiger partial charge in [0.25, 0.3) is 5.69 Å². The van der Waals surface area contributed by atoms with Gasteiger partial charge in [-0.25, -0.2) is 9.97 Å². The minimum Gasteiger partial charge on any atom is -0.494 e. The number of nitrogens with one attached hydrogen (secondary N) is 1. The fourth-order valence-electron chi connectivity index (χ4n) is 4.94. The third kappa shape index (κ3) is 8.07. The maximum Gasteiger partial charge on any atom is 0.294 e. The van der Waals surface area contributed by atoms with E-state index in [1.54, 1.807) is 19.4 Å². The molecule has 0 saturated heterocycles. The molecule has 0 unspecified atom stereocenters. The molecule has 0 amide bonds. The van der Waals surface area contributed by atoms with Gasteiger partial charge in [0.15, 0.2) is 0 Å². The maximum absolute atomic E-state index is 12.1. The largest absolute Gasteiger partial charge is 0.494 e. The first-order chi connectivity index (χ1) is 20.1. The number of nitrogens with zero attached hydrogens (tertiary/aromatic N) is 5. The number of allylic oxidation sites excluding steroid dienone is 1. The Morgan fingerprint density at radius 3 is 2.52 bits per heavy atom. The van der Waals surface area contributed by atoms with Crippen molar-refractivity contribution in [1.29, 1.82) is 0 Å². The molecule has 42 heavy (non-hydrogen) atoms. The molecule has 0 radical (unpaired) electrons. The smallest absolute Gasteiger partial charge is 0.294 e. The number of anilines is 3. The molecule has 0 aliphatic heterocycles. The van der Waals surface area contributed by atoms with E-state index >= 15 is 0 Å². The van der Waals surface area contributed by atoms with Crippen molar-refractivity contribution >= 4 is 44.5 Å². The minimum atomic E-state index is -0.376. The van der Waals surface area contributed by atoms with Crippen molar-refractivity contribution in [3.8, 4) is 5.75 Å². The molecule has 3 rings (SSSR count). The Morgan fingerprint density at radius 2 is 1.90 bits per heavy atom. The molecule has 0 spiro atoms. The molecule has 0 fully saturated rings. The molecule has 0 aliphatic carbocycles. The fraction of sp³-hybridized carbons (Fsp3) is 0.438. The van der Waals surface area contributed by atoms with E-state index in [4.69, 9.17) is 9.72 Å². The number of likely N-dealkylation sites (N-methyl/N-ethyl adjacent to an activating group) is 2. The summed E-state index contributed by atoms with van der Waals surface area (Å²) in [6.45, 7) is 7.81. The van der Waals surface area contributed by atoms with Crippen molar-refractivity contribution in [2.75, 3.05) is 51.6 Å². The van der Waals surface area contributed by atoms with Gasteiger partial charge < -0.3 is 19.9 Å². The second-order valence-electron chi connectivity index (χ2n) is 10.5. The number of nitro groups is 1. The maximum atomic E-state index is 12.1. The van der Waals surface area contributed by atoms with Gasteiger partial charge in [-0.3, -0.25) is 10.1 Å². The van der Waals surface area contributed by atoms with Crippen molar-refractivity contribution in [1.82, 2.24) is 14.9 Å². The number of hydrogen-bond donors (Lipinski definition) is 1. The number of methoxy groups -OCH3 is 1. The zero-order valence-electron chi connectivity index (χ0n) is 25.8. The number of ether oxygens (including phenoxy) is 1. The molecule has 0 saturated carbocycles. The molecule has 10 heteroatoms. The third-order valence-electron chi connectivity index (χ3n) is 7.18. The van der Waals surface area contributed by atoms with E-state index in [9.17, 15) is 10.1 Å². The number of hydrogen-bond acceptors (Lipinski definition) is 8. The highest BCUT2D eigenvalue weighted by Gasteiger charge is 2.23. The van der Waals surface area contributed by atoms with E-state index in [1.807, 2.05) is 37.9 Å². The average molecular weight is 640 g/mol. The first-order valence-corrected chi connectivity index (χ1v) is 15.2. The Kier molecular flexibility index (Phi) is 12.3. The highest BCUT2D eigenvalue weighted by Crippen LogP contribution is 2.39. The van der Waals surface area contributed by atoms with Gasteiger partial charge in [-0.15, -0.1) is 0 Å². The number of aromatic nitrogens is 2. The monoisotopic (exact) mass is 638 g/mol. The average Bonchev–Trinajstić information content (AvgIpc) is 2.97. The third-order valence-corrected chi connectivity index (χ3v) is 7.76. The number of halogens is 1. The van der Waals surface area contributed by atoms with E-state index < -0.39 is 0 Å². The number of benzene rings is 2. The first kappa shape index (κ1) is 33.0. The van der Waals surface area contributed by atoms with Gasteiger partial charge >= 0.3 is 0 Å². The molecule has 0 atom stereocenters. The van der Waals surface area contributed by atoms with Crippen molar-refractivity contribution in [3.05, 3.63) is 79.6 Å². The Bertz CT molecular complexity index is 1410. The summed E-state index contributed by atoms with van der Waals surface area (Å²) < 4.78 is 6.41. The topological polar surface area (TPSA) is 96.7 Å². The zero-order chi connectivity index (χ0) is 30.8. The van der Waals surface area contributed by atoms with Crippen LogP contribution in [0.2, 0.25) is 0 Å². The van der Waals surface area contributed by atoms with Gasteiger partial charge in [0.1, 0.15) is 11.4 Å². The summed E-state index contributed by atoms with van der Waals surface area (Å²) in [6, 6.07) is 9.69. The lowest BCUT2D eigenvalue weighted by Crippen LogP contribution is -2.28. The predicted octanol–water partition coefficient (Wildman–Crippen LogP) is 7.64. The predicted molar refractivity (Wildman–Crippen MR) is 176 cm³/mol. The number of rotatable bonds is 15.